The van der Waals surface area contributed by atoms with Crippen molar-refractivity contribution in [3.05, 3.63) is 30.3 Å². The first-order chi connectivity index (χ1) is 9.22. The highest BCUT2D eigenvalue weighted by Crippen LogP contribution is 2.32. The van der Waals surface area contributed by atoms with Crippen LogP contribution < -0.4 is 10.5 Å². The van der Waals surface area contributed by atoms with Crippen molar-refractivity contribution in [3.8, 4) is 16.5 Å². The minimum absolute atomic E-state index is 0.808. The fourth-order valence-electron chi connectivity index (χ4n) is 2.22. The van der Waals surface area contributed by atoms with Crippen molar-refractivity contribution in [2.45, 2.75) is 13.5 Å². The van der Waals surface area contributed by atoms with Crippen LogP contribution in [0.2, 0.25) is 0 Å². The average Bonchev–Trinajstić information content (AvgIpc) is 3.00. The standard InChI is InChI=1S/C14H15N3OS/c1-3-17-11-5-4-9(18-2)8-10(11)16-14(17)12-6-7-13(15)19-12/h4-8H,3,15H2,1-2H3. The van der Waals surface area contributed by atoms with E-state index in [-0.39, 0.29) is 0 Å². The van der Waals surface area contributed by atoms with E-state index < -0.39 is 0 Å². The molecule has 2 aromatic heterocycles. The number of methoxy groups -OCH3 is 1. The van der Waals surface area contributed by atoms with Gasteiger partial charge >= 0.3 is 0 Å². The predicted octanol–water partition coefficient (Wildman–Crippen LogP) is 3.38. The number of benzene rings is 1. The Hall–Kier alpha value is -2.01. The Morgan fingerprint density at radius 3 is 2.79 bits per heavy atom. The largest absolute Gasteiger partial charge is 0.497 e. The highest BCUT2D eigenvalue weighted by atomic mass is 32.1. The zero-order valence-corrected chi connectivity index (χ0v) is 11.7. The average molecular weight is 273 g/mol. The molecule has 5 heteroatoms. The molecule has 19 heavy (non-hydrogen) atoms. The molecule has 0 aliphatic carbocycles. The summed E-state index contributed by atoms with van der Waals surface area (Å²) in [7, 11) is 1.67. The van der Waals surface area contributed by atoms with Crippen molar-refractivity contribution in [2.24, 2.45) is 0 Å². The first-order valence-corrected chi connectivity index (χ1v) is 6.94. The molecule has 0 fully saturated rings. The normalized spacial score (nSPS) is 11.1. The number of rotatable bonds is 3. The van der Waals surface area contributed by atoms with Gasteiger partial charge in [0.1, 0.15) is 5.75 Å². The maximum atomic E-state index is 5.81. The maximum absolute atomic E-state index is 5.81. The molecule has 4 nitrogen and oxygen atoms in total. The van der Waals surface area contributed by atoms with E-state index in [4.69, 9.17) is 15.5 Å². The molecule has 0 atom stereocenters. The van der Waals surface area contributed by atoms with E-state index in [9.17, 15) is 0 Å². The molecule has 98 valence electrons. The van der Waals surface area contributed by atoms with Gasteiger partial charge in [0, 0.05) is 12.6 Å². The summed E-state index contributed by atoms with van der Waals surface area (Å²) in [6, 6.07) is 9.90. The van der Waals surface area contributed by atoms with Crippen molar-refractivity contribution in [2.75, 3.05) is 12.8 Å². The van der Waals surface area contributed by atoms with E-state index in [1.54, 1.807) is 18.4 Å². The van der Waals surface area contributed by atoms with Crippen molar-refractivity contribution >= 4 is 27.4 Å². The first-order valence-electron chi connectivity index (χ1n) is 6.13. The Morgan fingerprint density at radius 2 is 2.16 bits per heavy atom. The van der Waals surface area contributed by atoms with Crippen LogP contribution in [0.1, 0.15) is 6.92 Å². The van der Waals surface area contributed by atoms with Gasteiger partial charge in [-0.3, -0.25) is 0 Å². The van der Waals surface area contributed by atoms with Gasteiger partial charge in [0.15, 0.2) is 5.82 Å². The third-order valence-electron chi connectivity index (χ3n) is 3.12. The summed E-state index contributed by atoms with van der Waals surface area (Å²) in [5.41, 5.74) is 7.87. The number of aromatic nitrogens is 2. The van der Waals surface area contributed by atoms with Gasteiger partial charge < -0.3 is 15.0 Å². The van der Waals surface area contributed by atoms with Gasteiger partial charge in [-0.1, -0.05) is 0 Å². The Morgan fingerprint density at radius 1 is 1.32 bits per heavy atom. The summed E-state index contributed by atoms with van der Waals surface area (Å²) in [4.78, 5) is 5.81. The number of aryl methyl sites for hydroxylation is 1. The van der Waals surface area contributed by atoms with Crippen LogP contribution in [0.3, 0.4) is 0 Å². The Balaban J connectivity index is 2.24. The summed E-state index contributed by atoms with van der Waals surface area (Å²) >= 11 is 1.56. The molecule has 3 rings (SSSR count). The molecule has 0 saturated carbocycles. The van der Waals surface area contributed by atoms with E-state index in [1.165, 1.54) is 0 Å². The lowest BCUT2D eigenvalue weighted by molar-refractivity contribution is 0.415. The lowest BCUT2D eigenvalue weighted by atomic mass is 10.3. The molecule has 0 unspecified atom stereocenters. The number of hydrogen-bond acceptors (Lipinski definition) is 4. The number of nitrogen functional groups attached to an aromatic ring is 1. The molecule has 2 N–H and O–H groups in total. The monoisotopic (exact) mass is 273 g/mol. The van der Waals surface area contributed by atoms with Crippen molar-refractivity contribution in [3.63, 3.8) is 0 Å². The number of ether oxygens (including phenoxy) is 1. The zero-order valence-electron chi connectivity index (χ0n) is 10.9. The van der Waals surface area contributed by atoms with Crippen LogP contribution in [0.5, 0.6) is 5.75 Å². The molecule has 0 radical (unpaired) electrons. The van der Waals surface area contributed by atoms with Crippen LogP contribution in [-0.2, 0) is 6.54 Å². The number of anilines is 1. The van der Waals surface area contributed by atoms with Crippen LogP contribution in [-0.4, -0.2) is 16.7 Å². The highest BCUT2D eigenvalue weighted by molar-refractivity contribution is 7.19. The molecule has 0 aliphatic rings. The number of thiophene rings is 1. The van der Waals surface area contributed by atoms with Gasteiger partial charge in [-0.2, -0.15) is 0 Å². The number of fused-ring (bicyclic) bond motifs is 1. The van der Waals surface area contributed by atoms with E-state index in [0.717, 1.165) is 39.0 Å². The van der Waals surface area contributed by atoms with Crippen molar-refractivity contribution < 1.29 is 4.74 Å². The van der Waals surface area contributed by atoms with Gasteiger partial charge in [0.2, 0.25) is 0 Å². The summed E-state index contributed by atoms with van der Waals surface area (Å²) < 4.78 is 7.44. The van der Waals surface area contributed by atoms with E-state index in [1.807, 2.05) is 30.3 Å². The third kappa shape index (κ3) is 1.96. The highest BCUT2D eigenvalue weighted by Gasteiger charge is 2.13. The second-order valence-electron chi connectivity index (χ2n) is 4.24. The topological polar surface area (TPSA) is 53.1 Å². The molecule has 1 aromatic carbocycles. The SMILES string of the molecule is CCn1c(-c2ccc(N)s2)nc2cc(OC)ccc21. The minimum Gasteiger partial charge on any atom is -0.497 e. The molecule has 0 saturated heterocycles. The van der Waals surface area contributed by atoms with Gasteiger partial charge in [-0.15, -0.1) is 11.3 Å². The van der Waals surface area contributed by atoms with Crippen LogP contribution in [0, 0.1) is 0 Å². The van der Waals surface area contributed by atoms with Gasteiger partial charge in [0.25, 0.3) is 0 Å². The van der Waals surface area contributed by atoms with Gasteiger partial charge in [-0.05, 0) is 31.2 Å². The lowest BCUT2D eigenvalue weighted by Crippen LogP contribution is -1.96. The van der Waals surface area contributed by atoms with Gasteiger partial charge in [-0.25, -0.2) is 4.98 Å². The Bertz CT molecular complexity index is 729. The second kappa shape index (κ2) is 4.59. The molecule has 0 bridgehead atoms. The van der Waals surface area contributed by atoms with Crippen LogP contribution in [0.25, 0.3) is 21.7 Å². The summed E-state index contributed by atoms with van der Waals surface area (Å²) in [6.07, 6.45) is 0. The fraction of sp³-hybridized carbons (Fsp3) is 0.214. The van der Waals surface area contributed by atoms with Crippen LogP contribution >= 0.6 is 11.3 Å². The van der Waals surface area contributed by atoms with E-state index >= 15 is 0 Å². The maximum Gasteiger partial charge on any atom is 0.151 e. The van der Waals surface area contributed by atoms with Crippen LogP contribution in [0.4, 0.5) is 5.00 Å². The predicted molar refractivity (Wildman–Crippen MR) is 79.7 cm³/mol. The molecule has 0 spiro atoms. The third-order valence-corrected chi connectivity index (χ3v) is 4.03. The van der Waals surface area contributed by atoms with E-state index in [2.05, 4.69) is 11.5 Å². The fourth-order valence-corrected chi connectivity index (χ4v) is 2.99. The Labute approximate surface area is 115 Å². The summed E-state index contributed by atoms with van der Waals surface area (Å²) in [5.74, 6) is 1.79. The zero-order chi connectivity index (χ0) is 13.4. The number of nitrogens with zero attached hydrogens (tertiary/aromatic N) is 2. The molecular weight excluding hydrogens is 258 g/mol. The molecule has 0 amide bonds. The summed E-state index contributed by atoms with van der Waals surface area (Å²) in [6.45, 7) is 2.99. The number of nitrogens with two attached hydrogens (primary N) is 1. The molecule has 0 aliphatic heterocycles. The molecule has 3 aromatic rings. The summed E-state index contributed by atoms with van der Waals surface area (Å²) in [5, 5.41) is 0.808. The number of imidazole rings is 1. The number of hydrogen-bond donors (Lipinski definition) is 1. The van der Waals surface area contributed by atoms with Crippen molar-refractivity contribution in [1.29, 1.82) is 0 Å². The van der Waals surface area contributed by atoms with Crippen molar-refractivity contribution in [1.82, 2.24) is 9.55 Å². The van der Waals surface area contributed by atoms with Gasteiger partial charge in [0.05, 0.1) is 28.0 Å². The molecular formula is C14H15N3OS. The minimum atomic E-state index is 0.808. The van der Waals surface area contributed by atoms with E-state index in [0.29, 0.717) is 0 Å². The van der Waals surface area contributed by atoms with Crippen LogP contribution in [0.15, 0.2) is 30.3 Å². The second-order valence-corrected chi connectivity index (χ2v) is 5.35. The lowest BCUT2D eigenvalue weighted by Gasteiger charge is -2.04. The quantitative estimate of drug-likeness (QED) is 0.796. The smallest absolute Gasteiger partial charge is 0.151 e. The molecule has 2 heterocycles. The first kappa shape index (κ1) is 12.0. The Kier molecular flexibility index (Phi) is 2.91.